The summed E-state index contributed by atoms with van der Waals surface area (Å²) in [5.41, 5.74) is 0. The summed E-state index contributed by atoms with van der Waals surface area (Å²) in [5.74, 6) is -0.539. The van der Waals surface area contributed by atoms with Crippen molar-refractivity contribution in [2.75, 3.05) is 13.2 Å². The maximum atomic E-state index is 6.46. The molecule has 0 aromatic heterocycles. The van der Waals surface area contributed by atoms with E-state index in [1.54, 1.807) is 0 Å². The Morgan fingerprint density at radius 3 is 1.30 bits per heavy atom. The topological polar surface area (TPSA) is 27.7 Å². The van der Waals surface area contributed by atoms with Crippen molar-refractivity contribution in [3.8, 4) is 0 Å². The zero-order chi connectivity index (χ0) is 24.3. The van der Waals surface area contributed by atoms with Gasteiger partial charge in [-0.2, -0.15) is 0 Å². The Hall–Kier alpha value is -0.120. The van der Waals surface area contributed by atoms with Gasteiger partial charge < -0.3 is 4.74 Å². The standard InChI is InChI=1S/C30H62O3/c1-5-9-12-15-18-19-21-24-28-31-30(26-8-4,27-23-20-16-13-10-6-2)33-32-29-25-22-17-14-11-7-3/h5-29H2,1-4H3. The first-order valence-electron chi connectivity index (χ1n) is 15.2. The summed E-state index contributed by atoms with van der Waals surface area (Å²) in [5, 5.41) is 0. The van der Waals surface area contributed by atoms with Gasteiger partial charge in [-0.15, -0.1) is 0 Å². The second-order valence-corrected chi connectivity index (χ2v) is 10.2. The molecule has 0 bridgehead atoms. The molecule has 0 rings (SSSR count). The van der Waals surface area contributed by atoms with E-state index in [9.17, 15) is 0 Å². The predicted octanol–water partition coefficient (Wildman–Crippen LogP) is 10.7. The summed E-state index contributed by atoms with van der Waals surface area (Å²) in [4.78, 5) is 11.8. The van der Waals surface area contributed by atoms with Crippen LogP contribution in [0.5, 0.6) is 0 Å². The molecule has 0 aromatic rings. The summed E-state index contributed by atoms with van der Waals surface area (Å²) in [6, 6.07) is 0. The second kappa shape index (κ2) is 26.5. The fraction of sp³-hybridized carbons (Fsp3) is 1.00. The molecule has 0 spiro atoms. The van der Waals surface area contributed by atoms with Crippen LogP contribution >= 0.6 is 0 Å². The van der Waals surface area contributed by atoms with Crippen LogP contribution in [0.15, 0.2) is 0 Å². The van der Waals surface area contributed by atoms with Crippen molar-refractivity contribution in [2.45, 2.75) is 181 Å². The lowest BCUT2D eigenvalue weighted by molar-refractivity contribution is -0.433. The maximum absolute atomic E-state index is 6.46. The minimum Gasteiger partial charge on any atom is -0.347 e. The molecule has 33 heavy (non-hydrogen) atoms. The van der Waals surface area contributed by atoms with Crippen LogP contribution in [0, 0.1) is 0 Å². The number of ether oxygens (including phenoxy) is 1. The molecule has 0 N–H and O–H groups in total. The van der Waals surface area contributed by atoms with Crippen LogP contribution in [0.1, 0.15) is 175 Å². The second-order valence-electron chi connectivity index (χ2n) is 10.2. The highest BCUT2D eigenvalue weighted by molar-refractivity contribution is 4.69. The molecular formula is C30H62O3. The Morgan fingerprint density at radius 2 is 0.818 bits per heavy atom. The number of rotatable bonds is 28. The highest BCUT2D eigenvalue weighted by Gasteiger charge is 2.32. The van der Waals surface area contributed by atoms with E-state index in [1.807, 2.05) is 0 Å². The summed E-state index contributed by atoms with van der Waals surface area (Å²) in [6.45, 7) is 10.5. The van der Waals surface area contributed by atoms with Crippen molar-refractivity contribution in [3.05, 3.63) is 0 Å². The number of hydrogen-bond acceptors (Lipinski definition) is 3. The van der Waals surface area contributed by atoms with Gasteiger partial charge in [-0.1, -0.05) is 143 Å². The molecule has 3 heteroatoms. The summed E-state index contributed by atoms with van der Waals surface area (Å²) >= 11 is 0. The Morgan fingerprint density at radius 1 is 0.394 bits per heavy atom. The summed E-state index contributed by atoms with van der Waals surface area (Å²) in [6.07, 6.45) is 29.0. The van der Waals surface area contributed by atoms with E-state index < -0.39 is 5.79 Å². The van der Waals surface area contributed by atoms with E-state index in [0.29, 0.717) is 6.61 Å². The van der Waals surface area contributed by atoms with Gasteiger partial charge >= 0.3 is 0 Å². The van der Waals surface area contributed by atoms with E-state index in [-0.39, 0.29) is 0 Å². The van der Waals surface area contributed by atoms with Gasteiger partial charge in [0.25, 0.3) is 0 Å². The molecule has 0 amide bonds. The largest absolute Gasteiger partial charge is 0.347 e. The summed E-state index contributed by atoms with van der Waals surface area (Å²) < 4.78 is 6.46. The fourth-order valence-corrected chi connectivity index (χ4v) is 4.52. The molecule has 0 fully saturated rings. The third-order valence-electron chi connectivity index (χ3n) is 6.70. The van der Waals surface area contributed by atoms with Gasteiger partial charge in [-0.3, -0.25) is 0 Å². The quantitative estimate of drug-likeness (QED) is 0.0492. The third-order valence-corrected chi connectivity index (χ3v) is 6.70. The lowest BCUT2D eigenvalue weighted by Gasteiger charge is -2.32. The van der Waals surface area contributed by atoms with Crippen molar-refractivity contribution < 1.29 is 14.5 Å². The van der Waals surface area contributed by atoms with Crippen LogP contribution in [-0.2, 0) is 14.5 Å². The molecule has 0 aliphatic rings. The number of unbranched alkanes of at least 4 members (excludes halogenated alkanes) is 17. The normalized spacial score (nSPS) is 13.5. The molecule has 0 aromatic carbocycles. The third kappa shape index (κ3) is 22.1. The van der Waals surface area contributed by atoms with Crippen molar-refractivity contribution in [3.63, 3.8) is 0 Å². The average molecular weight is 471 g/mol. The van der Waals surface area contributed by atoms with Gasteiger partial charge in [0.15, 0.2) is 0 Å². The van der Waals surface area contributed by atoms with Gasteiger partial charge in [-0.25, -0.2) is 9.78 Å². The zero-order valence-electron chi connectivity index (χ0n) is 23.4. The molecule has 3 nitrogen and oxygen atoms in total. The summed E-state index contributed by atoms with van der Waals surface area (Å²) in [7, 11) is 0. The van der Waals surface area contributed by atoms with Gasteiger partial charge in [0, 0.05) is 12.8 Å². The van der Waals surface area contributed by atoms with Crippen molar-refractivity contribution in [1.82, 2.24) is 0 Å². The average Bonchev–Trinajstić information content (AvgIpc) is 2.82. The molecule has 0 saturated heterocycles. The van der Waals surface area contributed by atoms with Gasteiger partial charge in [0.2, 0.25) is 5.79 Å². The monoisotopic (exact) mass is 470 g/mol. The van der Waals surface area contributed by atoms with Crippen LogP contribution in [-0.4, -0.2) is 19.0 Å². The smallest absolute Gasteiger partial charge is 0.201 e. The molecule has 200 valence electrons. The van der Waals surface area contributed by atoms with Crippen LogP contribution < -0.4 is 0 Å². The van der Waals surface area contributed by atoms with Crippen molar-refractivity contribution in [2.24, 2.45) is 0 Å². The first kappa shape index (κ1) is 32.9. The zero-order valence-corrected chi connectivity index (χ0v) is 23.4. The molecule has 0 heterocycles. The Kier molecular flexibility index (Phi) is 26.4. The first-order valence-corrected chi connectivity index (χ1v) is 15.2. The van der Waals surface area contributed by atoms with Crippen molar-refractivity contribution in [1.29, 1.82) is 0 Å². The van der Waals surface area contributed by atoms with E-state index in [1.165, 1.54) is 116 Å². The first-order chi connectivity index (χ1) is 16.2. The van der Waals surface area contributed by atoms with Crippen LogP contribution in [0.25, 0.3) is 0 Å². The Labute approximate surface area is 209 Å². The number of hydrogen-bond donors (Lipinski definition) is 0. The van der Waals surface area contributed by atoms with Gasteiger partial charge in [-0.05, 0) is 19.3 Å². The van der Waals surface area contributed by atoms with Crippen LogP contribution in [0.2, 0.25) is 0 Å². The van der Waals surface area contributed by atoms with E-state index in [2.05, 4.69) is 27.7 Å². The van der Waals surface area contributed by atoms with Crippen LogP contribution in [0.4, 0.5) is 0 Å². The lowest BCUT2D eigenvalue weighted by atomic mass is 10.0. The highest BCUT2D eigenvalue weighted by atomic mass is 17.2. The predicted molar refractivity (Wildman–Crippen MR) is 145 cm³/mol. The minimum atomic E-state index is -0.539. The molecule has 1 unspecified atom stereocenters. The lowest BCUT2D eigenvalue weighted by Crippen LogP contribution is -2.37. The van der Waals surface area contributed by atoms with Gasteiger partial charge in [0.05, 0.1) is 13.2 Å². The van der Waals surface area contributed by atoms with E-state index in [0.717, 1.165) is 38.7 Å². The van der Waals surface area contributed by atoms with Crippen LogP contribution in [0.3, 0.4) is 0 Å². The fourth-order valence-electron chi connectivity index (χ4n) is 4.52. The molecule has 0 radical (unpaired) electrons. The molecule has 1 atom stereocenters. The van der Waals surface area contributed by atoms with Gasteiger partial charge in [0.1, 0.15) is 0 Å². The molecular weight excluding hydrogens is 408 g/mol. The highest BCUT2D eigenvalue weighted by Crippen LogP contribution is 2.29. The Balaban J connectivity index is 4.34. The van der Waals surface area contributed by atoms with E-state index in [4.69, 9.17) is 14.5 Å². The maximum Gasteiger partial charge on any atom is 0.201 e. The van der Waals surface area contributed by atoms with Crippen molar-refractivity contribution >= 4 is 0 Å². The molecule has 0 saturated carbocycles. The molecule has 0 aliphatic carbocycles. The molecule has 0 aliphatic heterocycles. The van der Waals surface area contributed by atoms with E-state index >= 15 is 0 Å². The minimum absolute atomic E-state index is 0.539. The SMILES string of the molecule is CCCCCCCCCCOC(CCC)(CCCCCCCC)OOCCCCCCCC. The Bertz CT molecular complexity index is 360.